The standard InChI is InChI=1S/C14H24FN3O/c1-14(2,9-18-8-11(17)7-16)12-6-10(15)4-5-13(12)19-3/h4-6,11,18H,7-9,16-17H2,1-3H3. The average molecular weight is 269 g/mol. The minimum absolute atomic E-state index is 0.0646. The van der Waals surface area contributed by atoms with Crippen LogP contribution in [0.3, 0.4) is 0 Å². The number of methoxy groups -OCH3 is 1. The van der Waals surface area contributed by atoms with E-state index in [2.05, 4.69) is 5.32 Å². The molecule has 1 atom stereocenters. The third-order valence-electron chi connectivity index (χ3n) is 3.17. The summed E-state index contributed by atoms with van der Waals surface area (Å²) in [6.07, 6.45) is 0. The van der Waals surface area contributed by atoms with E-state index in [1.54, 1.807) is 13.2 Å². The molecule has 0 saturated carbocycles. The molecule has 0 aliphatic carbocycles. The first-order valence-electron chi connectivity index (χ1n) is 6.41. The first kappa shape index (κ1) is 15.9. The Kier molecular flexibility index (Phi) is 5.72. The molecule has 0 aliphatic rings. The Labute approximate surface area is 114 Å². The van der Waals surface area contributed by atoms with Crippen molar-refractivity contribution in [1.29, 1.82) is 0 Å². The molecule has 108 valence electrons. The Balaban J connectivity index is 2.78. The fraction of sp³-hybridized carbons (Fsp3) is 0.571. The molecule has 4 nitrogen and oxygen atoms in total. The molecule has 0 fully saturated rings. The molecular weight excluding hydrogens is 245 g/mol. The smallest absolute Gasteiger partial charge is 0.123 e. The van der Waals surface area contributed by atoms with Gasteiger partial charge in [0.05, 0.1) is 7.11 Å². The summed E-state index contributed by atoms with van der Waals surface area (Å²) >= 11 is 0. The fourth-order valence-electron chi connectivity index (χ4n) is 1.96. The maximum absolute atomic E-state index is 13.4. The second kappa shape index (κ2) is 6.84. The molecular formula is C14H24FN3O. The van der Waals surface area contributed by atoms with Crippen LogP contribution in [-0.2, 0) is 5.41 Å². The van der Waals surface area contributed by atoms with Gasteiger partial charge in [-0.3, -0.25) is 0 Å². The molecule has 0 heterocycles. The van der Waals surface area contributed by atoms with Crippen molar-refractivity contribution in [3.63, 3.8) is 0 Å². The molecule has 1 aromatic rings. The van der Waals surface area contributed by atoms with Crippen LogP contribution in [0.25, 0.3) is 0 Å². The lowest BCUT2D eigenvalue weighted by Crippen LogP contribution is -2.43. The van der Waals surface area contributed by atoms with Crippen LogP contribution in [0, 0.1) is 5.82 Å². The van der Waals surface area contributed by atoms with Gasteiger partial charge in [-0.05, 0) is 18.2 Å². The number of rotatable bonds is 7. The molecule has 0 spiro atoms. The van der Waals surface area contributed by atoms with Crippen LogP contribution >= 0.6 is 0 Å². The van der Waals surface area contributed by atoms with E-state index >= 15 is 0 Å². The lowest BCUT2D eigenvalue weighted by Gasteiger charge is -2.28. The maximum atomic E-state index is 13.4. The topological polar surface area (TPSA) is 73.3 Å². The molecule has 0 aromatic heterocycles. The lowest BCUT2D eigenvalue weighted by atomic mass is 9.83. The van der Waals surface area contributed by atoms with Gasteiger partial charge in [-0.1, -0.05) is 13.8 Å². The quantitative estimate of drug-likeness (QED) is 0.690. The van der Waals surface area contributed by atoms with E-state index in [0.717, 1.165) is 5.56 Å². The van der Waals surface area contributed by atoms with E-state index < -0.39 is 0 Å². The predicted molar refractivity (Wildman–Crippen MR) is 75.9 cm³/mol. The van der Waals surface area contributed by atoms with Gasteiger partial charge in [0, 0.05) is 36.7 Å². The number of hydrogen-bond acceptors (Lipinski definition) is 4. The largest absolute Gasteiger partial charge is 0.496 e. The minimum atomic E-state index is -0.262. The number of benzene rings is 1. The van der Waals surface area contributed by atoms with E-state index in [9.17, 15) is 4.39 Å². The Morgan fingerprint density at radius 1 is 1.42 bits per heavy atom. The zero-order valence-corrected chi connectivity index (χ0v) is 11.9. The van der Waals surface area contributed by atoms with Gasteiger partial charge in [0.2, 0.25) is 0 Å². The molecule has 5 N–H and O–H groups in total. The minimum Gasteiger partial charge on any atom is -0.496 e. The summed E-state index contributed by atoms with van der Waals surface area (Å²) in [5, 5.41) is 3.26. The molecule has 1 unspecified atom stereocenters. The Morgan fingerprint density at radius 3 is 2.68 bits per heavy atom. The highest BCUT2D eigenvalue weighted by atomic mass is 19.1. The van der Waals surface area contributed by atoms with Crippen LogP contribution in [0.15, 0.2) is 18.2 Å². The van der Waals surface area contributed by atoms with Crippen molar-refractivity contribution in [3.8, 4) is 5.75 Å². The molecule has 0 aliphatic heterocycles. The van der Waals surface area contributed by atoms with Crippen molar-refractivity contribution in [1.82, 2.24) is 5.32 Å². The fourth-order valence-corrected chi connectivity index (χ4v) is 1.96. The lowest BCUT2D eigenvalue weighted by molar-refractivity contribution is 0.381. The van der Waals surface area contributed by atoms with Gasteiger partial charge in [-0.2, -0.15) is 0 Å². The zero-order valence-electron chi connectivity index (χ0n) is 11.9. The highest BCUT2D eigenvalue weighted by molar-refractivity contribution is 5.39. The zero-order chi connectivity index (χ0) is 14.5. The van der Waals surface area contributed by atoms with E-state index in [1.165, 1.54) is 12.1 Å². The van der Waals surface area contributed by atoms with Crippen molar-refractivity contribution >= 4 is 0 Å². The van der Waals surface area contributed by atoms with Crippen LogP contribution in [0.2, 0.25) is 0 Å². The van der Waals surface area contributed by atoms with Gasteiger partial charge in [0.1, 0.15) is 11.6 Å². The summed E-state index contributed by atoms with van der Waals surface area (Å²) < 4.78 is 18.7. The van der Waals surface area contributed by atoms with E-state index in [4.69, 9.17) is 16.2 Å². The first-order chi connectivity index (χ1) is 8.90. The van der Waals surface area contributed by atoms with Gasteiger partial charge in [0.25, 0.3) is 0 Å². The Morgan fingerprint density at radius 2 is 2.11 bits per heavy atom. The van der Waals surface area contributed by atoms with Crippen molar-refractivity contribution in [2.45, 2.75) is 25.3 Å². The monoisotopic (exact) mass is 269 g/mol. The van der Waals surface area contributed by atoms with E-state index in [0.29, 0.717) is 25.4 Å². The number of nitrogens with one attached hydrogen (secondary N) is 1. The van der Waals surface area contributed by atoms with Crippen LogP contribution in [-0.4, -0.2) is 32.8 Å². The van der Waals surface area contributed by atoms with Crippen LogP contribution in [0.5, 0.6) is 5.75 Å². The highest BCUT2D eigenvalue weighted by Gasteiger charge is 2.24. The third kappa shape index (κ3) is 4.45. The molecule has 0 saturated heterocycles. The molecule has 1 rings (SSSR count). The van der Waals surface area contributed by atoms with Gasteiger partial charge in [-0.25, -0.2) is 4.39 Å². The predicted octanol–water partition coefficient (Wildman–Crippen LogP) is 0.988. The van der Waals surface area contributed by atoms with Gasteiger partial charge in [0.15, 0.2) is 0 Å². The van der Waals surface area contributed by atoms with Crippen LogP contribution in [0.1, 0.15) is 19.4 Å². The number of hydrogen-bond donors (Lipinski definition) is 3. The summed E-state index contributed by atoms with van der Waals surface area (Å²) in [7, 11) is 1.59. The maximum Gasteiger partial charge on any atom is 0.123 e. The highest BCUT2D eigenvalue weighted by Crippen LogP contribution is 2.31. The number of nitrogens with two attached hydrogens (primary N) is 2. The van der Waals surface area contributed by atoms with Crippen LogP contribution < -0.4 is 21.5 Å². The molecule has 0 amide bonds. The van der Waals surface area contributed by atoms with Crippen LogP contribution in [0.4, 0.5) is 4.39 Å². The second-order valence-corrected chi connectivity index (χ2v) is 5.36. The van der Waals surface area contributed by atoms with Crippen molar-refractivity contribution < 1.29 is 9.13 Å². The first-order valence-corrected chi connectivity index (χ1v) is 6.41. The average Bonchev–Trinajstić information content (AvgIpc) is 2.38. The van der Waals surface area contributed by atoms with Gasteiger partial charge < -0.3 is 21.5 Å². The molecule has 5 heteroatoms. The van der Waals surface area contributed by atoms with Crippen molar-refractivity contribution in [3.05, 3.63) is 29.6 Å². The summed E-state index contributed by atoms with van der Waals surface area (Å²) in [6, 6.07) is 4.50. The summed E-state index contributed by atoms with van der Waals surface area (Å²) in [5.74, 6) is 0.429. The Hall–Kier alpha value is -1.17. The molecule has 0 radical (unpaired) electrons. The SMILES string of the molecule is COc1ccc(F)cc1C(C)(C)CNCC(N)CN. The van der Waals surface area contributed by atoms with E-state index in [1.807, 2.05) is 13.8 Å². The summed E-state index contributed by atoms with van der Waals surface area (Å²) in [6.45, 7) is 5.81. The summed E-state index contributed by atoms with van der Waals surface area (Å²) in [4.78, 5) is 0. The second-order valence-electron chi connectivity index (χ2n) is 5.36. The van der Waals surface area contributed by atoms with Gasteiger partial charge in [-0.15, -0.1) is 0 Å². The molecule has 1 aromatic carbocycles. The van der Waals surface area contributed by atoms with Crippen molar-refractivity contribution in [2.24, 2.45) is 11.5 Å². The number of ether oxygens (including phenoxy) is 1. The Bertz CT molecular complexity index is 410. The molecule has 0 bridgehead atoms. The van der Waals surface area contributed by atoms with E-state index in [-0.39, 0.29) is 17.3 Å². The summed E-state index contributed by atoms with van der Waals surface area (Å²) in [5.41, 5.74) is 11.8. The number of halogens is 1. The molecule has 19 heavy (non-hydrogen) atoms. The third-order valence-corrected chi connectivity index (χ3v) is 3.17. The van der Waals surface area contributed by atoms with Crippen molar-refractivity contribution in [2.75, 3.05) is 26.7 Å². The van der Waals surface area contributed by atoms with Gasteiger partial charge >= 0.3 is 0 Å². The normalized spacial score (nSPS) is 13.4.